The van der Waals surface area contributed by atoms with E-state index in [1.807, 2.05) is 0 Å². The van der Waals surface area contributed by atoms with Crippen LogP contribution in [-0.4, -0.2) is 31.1 Å². The van der Waals surface area contributed by atoms with Crippen LogP contribution >= 0.6 is 0 Å². The lowest BCUT2D eigenvalue weighted by Gasteiger charge is -2.31. The fourth-order valence-corrected chi connectivity index (χ4v) is 3.81. The first-order chi connectivity index (χ1) is 8.78. The molecule has 1 aromatic rings. The minimum atomic E-state index is 0.477. The number of likely N-dealkylation sites (tertiary alicyclic amines) is 1. The minimum absolute atomic E-state index is 0.477. The maximum Gasteiger partial charge on any atom is 0.0449 e. The van der Waals surface area contributed by atoms with Crippen molar-refractivity contribution in [1.82, 2.24) is 10.2 Å². The third kappa shape index (κ3) is 2.19. The molecule has 1 heterocycles. The predicted molar refractivity (Wildman–Crippen MR) is 75.7 cm³/mol. The summed E-state index contributed by atoms with van der Waals surface area (Å²) in [5, 5.41) is 3.50. The van der Waals surface area contributed by atoms with Crippen LogP contribution in [0, 0.1) is 12.8 Å². The average molecular weight is 244 g/mol. The summed E-state index contributed by atoms with van der Waals surface area (Å²) in [6, 6.07) is 10.1. The number of piperidine rings is 1. The zero-order chi connectivity index (χ0) is 12.5. The highest BCUT2D eigenvalue weighted by atomic mass is 15.2. The summed E-state index contributed by atoms with van der Waals surface area (Å²) in [6.07, 6.45) is 4.34. The molecule has 3 unspecified atom stereocenters. The van der Waals surface area contributed by atoms with E-state index in [0.29, 0.717) is 6.04 Å². The number of fused-ring (bicyclic) bond motifs is 2. The Kier molecular flexibility index (Phi) is 3.40. The number of nitrogens with one attached hydrogen (secondary N) is 1. The fourth-order valence-electron chi connectivity index (χ4n) is 3.81. The molecule has 1 N–H and O–H groups in total. The molecule has 0 amide bonds. The van der Waals surface area contributed by atoms with Gasteiger partial charge in [0.1, 0.15) is 0 Å². The van der Waals surface area contributed by atoms with Gasteiger partial charge < -0.3 is 5.32 Å². The lowest BCUT2D eigenvalue weighted by atomic mass is 10.00. The zero-order valence-corrected chi connectivity index (χ0v) is 11.5. The molecule has 0 radical (unpaired) electrons. The Bertz CT molecular complexity index is 415. The topological polar surface area (TPSA) is 15.3 Å². The number of rotatable bonds is 4. The normalized spacial score (nSPS) is 28.8. The molecule has 1 aliphatic carbocycles. The van der Waals surface area contributed by atoms with Crippen LogP contribution in [0.2, 0.25) is 0 Å². The van der Waals surface area contributed by atoms with E-state index in [9.17, 15) is 0 Å². The summed E-state index contributed by atoms with van der Waals surface area (Å²) in [6.45, 7) is 4.72. The van der Waals surface area contributed by atoms with Gasteiger partial charge in [-0.1, -0.05) is 24.3 Å². The molecule has 2 nitrogen and oxygen atoms in total. The SMILES string of the molecule is CNC(CN1CC2CCC1C2)c1ccccc1C. The molecule has 1 saturated carbocycles. The largest absolute Gasteiger partial charge is 0.312 e. The number of likely N-dealkylation sites (N-methyl/N-ethyl adjacent to an activating group) is 1. The van der Waals surface area contributed by atoms with Crippen molar-refractivity contribution in [2.24, 2.45) is 5.92 Å². The van der Waals surface area contributed by atoms with Crippen LogP contribution in [0.15, 0.2) is 24.3 Å². The second-order valence-corrected chi connectivity index (χ2v) is 5.98. The summed E-state index contributed by atoms with van der Waals surface area (Å²) in [5.41, 5.74) is 2.86. The van der Waals surface area contributed by atoms with E-state index in [1.54, 1.807) is 0 Å². The van der Waals surface area contributed by atoms with Crippen molar-refractivity contribution in [1.29, 1.82) is 0 Å². The van der Waals surface area contributed by atoms with Gasteiger partial charge in [-0.2, -0.15) is 0 Å². The van der Waals surface area contributed by atoms with E-state index in [4.69, 9.17) is 0 Å². The highest BCUT2D eigenvalue weighted by molar-refractivity contribution is 5.29. The highest BCUT2D eigenvalue weighted by Crippen LogP contribution is 2.38. The third-order valence-corrected chi connectivity index (χ3v) is 4.85. The molecular formula is C16H24N2. The molecule has 2 bridgehead atoms. The Hall–Kier alpha value is -0.860. The van der Waals surface area contributed by atoms with Crippen molar-refractivity contribution in [2.75, 3.05) is 20.1 Å². The minimum Gasteiger partial charge on any atom is -0.312 e. The van der Waals surface area contributed by atoms with Gasteiger partial charge >= 0.3 is 0 Å². The van der Waals surface area contributed by atoms with E-state index < -0.39 is 0 Å². The summed E-state index contributed by atoms with van der Waals surface area (Å²) in [5.74, 6) is 0.990. The van der Waals surface area contributed by atoms with Gasteiger partial charge in [-0.3, -0.25) is 4.90 Å². The molecule has 0 spiro atoms. The van der Waals surface area contributed by atoms with Crippen LogP contribution in [-0.2, 0) is 0 Å². The quantitative estimate of drug-likeness (QED) is 0.876. The molecule has 3 rings (SSSR count). The fraction of sp³-hybridized carbons (Fsp3) is 0.625. The van der Waals surface area contributed by atoms with Crippen molar-refractivity contribution < 1.29 is 0 Å². The molecule has 0 aromatic heterocycles. The number of nitrogens with zero attached hydrogens (tertiary/aromatic N) is 1. The van der Waals surface area contributed by atoms with Crippen LogP contribution in [0.5, 0.6) is 0 Å². The zero-order valence-electron chi connectivity index (χ0n) is 11.5. The standard InChI is InChI=1S/C16H24N2/c1-12-5-3-4-6-15(12)16(17-2)11-18-10-13-7-8-14(18)9-13/h3-6,13-14,16-17H,7-11H2,1-2H3. The monoisotopic (exact) mass is 244 g/mol. The van der Waals surface area contributed by atoms with E-state index in [-0.39, 0.29) is 0 Å². The van der Waals surface area contributed by atoms with Crippen molar-refractivity contribution in [3.05, 3.63) is 35.4 Å². The van der Waals surface area contributed by atoms with Crippen molar-refractivity contribution in [3.8, 4) is 0 Å². The van der Waals surface area contributed by atoms with E-state index in [1.165, 1.54) is 43.5 Å². The van der Waals surface area contributed by atoms with E-state index >= 15 is 0 Å². The summed E-state index contributed by atoms with van der Waals surface area (Å²) in [4.78, 5) is 2.71. The summed E-state index contributed by atoms with van der Waals surface area (Å²) in [7, 11) is 2.09. The van der Waals surface area contributed by atoms with Crippen molar-refractivity contribution in [2.45, 2.75) is 38.3 Å². The number of benzene rings is 1. The third-order valence-electron chi connectivity index (χ3n) is 4.85. The molecule has 98 valence electrons. The maximum absolute atomic E-state index is 3.50. The van der Waals surface area contributed by atoms with E-state index in [0.717, 1.165) is 12.0 Å². The Morgan fingerprint density at radius 2 is 2.17 bits per heavy atom. The second-order valence-electron chi connectivity index (χ2n) is 5.98. The molecule has 1 aliphatic heterocycles. The summed E-state index contributed by atoms with van der Waals surface area (Å²) < 4.78 is 0. The van der Waals surface area contributed by atoms with Crippen LogP contribution in [0.25, 0.3) is 0 Å². The highest BCUT2D eigenvalue weighted by Gasteiger charge is 2.38. The Labute approximate surface area is 110 Å². The first kappa shape index (κ1) is 12.2. The Balaban J connectivity index is 1.72. The molecule has 1 saturated heterocycles. The van der Waals surface area contributed by atoms with Gasteiger partial charge in [-0.05, 0) is 50.3 Å². The van der Waals surface area contributed by atoms with Crippen molar-refractivity contribution in [3.63, 3.8) is 0 Å². The first-order valence-electron chi connectivity index (χ1n) is 7.24. The van der Waals surface area contributed by atoms with Gasteiger partial charge in [0.2, 0.25) is 0 Å². The van der Waals surface area contributed by atoms with Gasteiger partial charge in [-0.15, -0.1) is 0 Å². The molecule has 1 aromatic carbocycles. The number of hydrogen-bond acceptors (Lipinski definition) is 2. The molecular weight excluding hydrogens is 220 g/mol. The summed E-state index contributed by atoms with van der Waals surface area (Å²) >= 11 is 0. The van der Waals surface area contributed by atoms with Gasteiger partial charge in [0.05, 0.1) is 0 Å². The Morgan fingerprint density at radius 3 is 2.78 bits per heavy atom. The average Bonchev–Trinajstić information content (AvgIpc) is 2.99. The first-order valence-corrected chi connectivity index (χ1v) is 7.24. The van der Waals surface area contributed by atoms with Crippen LogP contribution in [0.4, 0.5) is 0 Å². The second kappa shape index (κ2) is 5.02. The maximum atomic E-state index is 3.50. The smallest absolute Gasteiger partial charge is 0.0449 e. The van der Waals surface area contributed by atoms with Gasteiger partial charge in [0.25, 0.3) is 0 Å². The lowest BCUT2D eigenvalue weighted by molar-refractivity contribution is 0.194. The molecule has 3 atom stereocenters. The van der Waals surface area contributed by atoms with Crippen LogP contribution in [0.3, 0.4) is 0 Å². The van der Waals surface area contributed by atoms with Gasteiger partial charge in [0, 0.05) is 25.2 Å². The molecule has 2 aliphatic rings. The number of hydrogen-bond donors (Lipinski definition) is 1. The predicted octanol–water partition coefficient (Wildman–Crippen LogP) is 2.74. The van der Waals surface area contributed by atoms with Gasteiger partial charge in [-0.25, -0.2) is 0 Å². The molecule has 2 heteroatoms. The van der Waals surface area contributed by atoms with Gasteiger partial charge in [0.15, 0.2) is 0 Å². The van der Waals surface area contributed by atoms with E-state index in [2.05, 4.69) is 48.5 Å². The van der Waals surface area contributed by atoms with Crippen molar-refractivity contribution >= 4 is 0 Å². The molecule has 18 heavy (non-hydrogen) atoms. The Morgan fingerprint density at radius 1 is 1.33 bits per heavy atom. The molecule has 2 fully saturated rings. The van der Waals surface area contributed by atoms with Crippen LogP contribution < -0.4 is 5.32 Å². The number of aryl methyl sites for hydroxylation is 1. The van der Waals surface area contributed by atoms with Crippen LogP contribution in [0.1, 0.15) is 36.4 Å². The lowest BCUT2D eigenvalue weighted by Crippen LogP contribution is -2.39.